The molecule has 2 aliphatic rings. The van der Waals surface area contributed by atoms with Crippen molar-refractivity contribution in [2.75, 3.05) is 19.7 Å². The number of rotatable bonds is 6. The van der Waals surface area contributed by atoms with Crippen LogP contribution in [0.3, 0.4) is 0 Å². The maximum atomic E-state index is 13.1. The number of amides is 1. The number of piperidine rings is 1. The summed E-state index contributed by atoms with van der Waals surface area (Å²) in [4.78, 5) is 40.3. The molecule has 2 aliphatic heterocycles. The molecule has 1 unspecified atom stereocenters. The predicted octanol–water partition coefficient (Wildman–Crippen LogP) is 2.28. The molecule has 0 saturated carbocycles. The van der Waals surface area contributed by atoms with Crippen molar-refractivity contribution < 1.29 is 24.4 Å². The quantitative estimate of drug-likeness (QED) is 0.282. The van der Waals surface area contributed by atoms with Gasteiger partial charge in [-0.15, -0.1) is 0 Å². The Kier molecular flexibility index (Phi) is 6.75. The Hall–Kier alpha value is -4.25. The summed E-state index contributed by atoms with van der Waals surface area (Å²) in [6.07, 6.45) is 1.32. The molecule has 2 N–H and O–H groups in total. The molecular formula is C30H29N3O7. The number of benzene rings is 2. The van der Waals surface area contributed by atoms with Crippen LogP contribution in [0.5, 0.6) is 5.75 Å². The Labute approximate surface area is 229 Å². The monoisotopic (exact) mass is 543 g/mol. The Morgan fingerprint density at radius 2 is 1.90 bits per heavy atom. The van der Waals surface area contributed by atoms with E-state index in [2.05, 4.69) is 0 Å². The first kappa shape index (κ1) is 26.0. The summed E-state index contributed by atoms with van der Waals surface area (Å²) in [5.74, 6) is 0.257. The molecule has 2 aromatic heterocycles. The van der Waals surface area contributed by atoms with E-state index in [1.54, 1.807) is 27.7 Å². The number of pyridine rings is 1. The molecule has 1 saturated heterocycles. The molecule has 1 fully saturated rings. The van der Waals surface area contributed by atoms with Gasteiger partial charge in [-0.05, 0) is 48.6 Å². The lowest BCUT2D eigenvalue weighted by Crippen LogP contribution is -3.00. The zero-order valence-electron chi connectivity index (χ0n) is 22.0. The van der Waals surface area contributed by atoms with Crippen molar-refractivity contribution in [1.82, 2.24) is 9.47 Å². The predicted molar refractivity (Wildman–Crippen MR) is 146 cm³/mol. The molecule has 206 valence electrons. The van der Waals surface area contributed by atoms with E-state index >= 15 is 0 Å². The minimum absolute atomic E-state index is 0.0463. The van der Waals surface area contributed by atoms with Crippen LogP contribution >= 0.6 is 0 Å². The van der Waals surface area contributed by atoms with Crippen LogP contribution in [0, 0.1) is 18.0 Å². The first-order valence-corrected chi connectivity index (χ1v) is 13.3. The third-order valence-electron chi connectivity index (χ3n) is 8.03. The summed E-state index contributed by atoms with van der Waals surface area (Å²) in [5.41, 5.74) is 2.53. The number of aryl methyl sites for hydroxylation is 1. The standard InChI is InChI=1S/C30H29N3O7/c1-18-23-8-7-22(13-27(23)40-30(36)24(18)12-19-5-3-2-4-6-19)39-17-28(34)31-14-20-11-21(16-31)25-9-10-26(33(37)38)29(35)32(25)15-20/h2-10,13,20-21,33,37H,11-12,14-17H2,1H3/t20-,21-/m0/s1. The van der Waals surface area contributed by atoms with Gasteiger partial charge in [-0.2, -0.15) is 5.23 Å². The van der Waals surface area contributed by atoms with Crippen LogP contribution in [-0.4, -0.2) is 40.3 Å². The van der Waals surface area contributed by atoms with E-state index in [0.29, 0.717) is 43.0 Å². The number of hydrogen-bond donors (Lipinski definition) is 2. The van der Waals surface area contributed by atoms with Crippen LogP contribution < -0.4 is 21.1 Å². The molecule has 4 aromatic rings. The fourth-order valence-electron chi connectivity index (χ4n) is 6.02. The highest BCUT2D eigenvalue weighted by molar-refractivity contribution is 5.83. The maximum Gasteiger partial charge on any atom is 0.340 e. The van der Waals surface area contributed by atoms with Crippen LogP contribution in [0.2, 0.25) is 0 Å². The van der Waals surface area contributed by atoms with Gasteiger partial charge in [0.2, 0.25) is 5.69 Å². The molecular weight excluding hydrogens is 514 g/mol. The Balaban J connectivity index is 1.15. The molecule has 2 aromatic carbocycles. The summed E-state index contributed by atoms with van der Waals surface area (Å²) in [6.45, 7) is 3.01. The summed E-state index contributed by atoms with van der Waals surface area (Å²) < 4.78 is 13.0. The maximum absolute atomic E-state index is 13.1. The normalized spacial score (nSPS) is 18.8. The molecule has 1 amide bonds. The van der Waals surface area contributed by atoms with Gasteiger partial charge < -0.3 is 23.8 Å². The number of quaternary nitrogens is 1. The smallest absolute Gasteiger partial charge is 0.340 e. The number of likely N-dealkylation sites (tertiary alicyclic amines) is 1. The first-order chi connectivity index (χ1) is 19.3. The van der Waals surface area contributed by atoms with E-state index in [1.165, 1.54) is 6.07 Å². The zero-order valence-corrected chi connectivity index (χ0v) is 22.0. The largest absolute Gasteiger partial charge is 0.595 e. The third-order valence-corrected chi connectivity index (χ3v) is 8.03. The van der Waals surface area contributed by atoms with Crippen LogP contribution in [0.4, 0.5) is 5.69 Å². The summed E-state index contributed by atoms with van der Waals surface area (Å²) in [7, 11) is 0. The SMILES string of the molecule is Cc1c(Cc2ccccc2)c(=O)oc2cc(OCC(=O)N3C[C@@H]4C[C@@H](C3)c3ccc([NH+]([O-])O)c(=O)n3C4)ccc12. The lowest BCUT2D eigenvalue weighted by Gasteiger charge is -2.42. The molecule has 40 heavy (non-hydrogen) atoms. The molecule has 4 heterocycles. The minimum atomic E-state index is -1.24. The van der Waals surface area contributed by atoms with Crippen molar-refractivity contribution in [3.8, 4) is 5.75 Å². The number of carbonyl (C=O) groups is 1. The van der Waals surface area contributed by atoms with Crippen molar-refractivity contribution in [3.63, 3.8) is 0 Å². The summed E-state index contributed by atoms with van der Waals surface area (Å²) in [5, 5.41) is 20.2. The van der Waals surface area contributed by atoms with Gasteiger partial charge in [-0.3, -0.25) is 9.59 Å². The van der Waals surface area contributed by atoms with Gasteiger partial charge in [0.1, 0.15) is 11.3 Å². The number of ether oxygens (including phenoxy) is 1. The molecule has 3 atom stereocenters. The van der Waals surface area contributed by atoms with E-state index in [4.69, 9.17) is 9.15 Å². The van der Waals surface area contributed by atoms with E-state index in [0.717, 1.165) is 28.6 Å². The summed E-state index contributed by atoms with van der Waals surface area (Å²) in [6, 6.07) is 18.0. The molecule has 2 bridgehead atoms. The fraction of sp³-hybridized carbons (Fsp3) is 0.300. The highest BCUT2D eigenvalue weighted by atomic mass is 16.8. The molecule has 0 spiro atoms. The lowest BCUT2D eigenvalue weighted by molar-refractivity contribution is -0.992. The van der Waals surface area contributed by atoms with Gasteiger partial charge >= 0.3 is 11.2 Å². The molecule has 10 nitrogen and oxygen atoms in total. The topological polar surface area (TPSA) is 129 Å². The Morgan fingerprint density at radius 3 is 2.67 bits per heavy atom. The second kappa shape index (κ2) is 10.4. The van der Waals surface area contributed by atoms with E-state index in [-0.39, 0.29) is 30.0 Å². The number of nitrogens with one attached hydrogen (secondary N) is 1. The number of carbonyl (C=O) groups excluding carboxylic acids is 1. The van der Waals surface area contributed by atoms with E-state index in [9.17, 15) is 24.8 Å². The van der Waals surface area contributed by atoms with Gasteiger partial charge in [0.05, 0.1) is 0 Å². The average molecular weight is 544 g/mol. The van der Waals surface area contributed by atoms with Crippen LogP contribution in [0.15, 0.2) is 74.7 Å². The average Bonchev–Trinajstić information content (AvgIpc) is 2.94. The van der Waals surface area contributed by atoms with Gasteiger partial charge in [0.25, 0.3) is 5.91 Å². The molecule has 6 rings (SSSR count). The Bertz CT molecular complexity index is 1710. The van der Waals surface area contributed by atoms with Crippen LogP contribution in [0.25, 0.3) is 11.0 Å². The van der Waals surface area contributed by atoms with Crippen molar-refractivity contribution in [2.45, 2.75) is 32.2 Å². The second-order valence-electron chi connectivity index (χ2n) is 10.6. The molecule has 0 radical (unpaired) electrons. The number of fused-ring (bicyclic) bond motifs is 5. The second-order valence-corrected chi connectivity index (χ2v) is 10.6. The van der Waals surface area contributed by atoms with E-state index < -0.39 is 16.4 Å². The van der Waals surface area contributed by atoms with Crippen LogP contribution in [-0.2, 0) is 17.8 Å². The first-order valence-electron chi connectivity index (χ1n) is 13.3. The highest BCUT2D eigenvalue weighted by Gasteiger charge is 2.37. The van der Waals surface area contributed by atoms with Crippen molar-refractivity contribution in [2.24, 2.45) is 5.92 Å². The lowest BCUT2D eigenvalue weighted by atomic mass is 9.83. The summed E-state index contributed by atoms with van der Waals surface area (Å²) >= 11 is 0. The van der Waals surface area contributed by atoms with Crippen molar-refractivity contribution in [3.05, 3.63) is 109 Å². The minimum Gasteiger partial charge on any atom is -0.595 e. The number of aromatic nitrogens is 1. The third kappa shape index (κ3) is 4.81. The number of nitrogens with zero attached hydrogens (tertiary/aromatic N) is 2. The molecule has 0 aliphatic carbocycles. The van der Waals surface area contributed by atoms with Crippen molar-refractivity contribution in [1.29, 1.82) is 0 Å². The van der Waals surface area contributed by atoms with E-state index in [1.807, 2.05) is 43.3 Å². The van der Waals surface area contributed by atoms with Crippen molar-refractivity contribution >= 4 is 22.6 Å². The van der Waals surface area contributed by atoms with Gasteiger partial charge in [-0.25, -0.2) is 10.0 Å². The van der Waals surface area contributed by atoms with Gasteiger partial charge in [0, 0.05) is 60.7 Å². The molecule has 10 heteroatoms. The van der Waals surface area contributed by atoms with Gasteiger partial charge in [-0.1, -0.05) is 30.3 Å². The van der Waals surface area contributed by atoms with Crippen LogP contribution in [0.1, 0.15) is 34.7 Å². The highest BCUT2D eigenvalue weighted by Crippen LogP contribution is 2.35. The fourth-order valence-corrected chi connectivity index (χ4v) is 6.02. The number of hydrogen-bond acceptors (Lipinski definition) is 7. The van der Waals surface area contributed by atoms with Gasteiger partial charge in [0.15, 0.2) is 6.61 Å². The Morgan fingerprint density at radius 1 is 1.10 bits per heavy atom. The zero-order chi connectivity index (χ0) is 28.0.